The number of nitrogens with zero attached hydrogens (tertiary/aromatic N) is 1. The molecule has 5 heteroatoms. The Bertz CT molecular complexity index is 614. The second kappa shape index (κ2) is 5.71. The monoisotopic (exact) mass is 276 g/mol. The van der Waals surface area contributed by atoms with Gasteiger partial charge in [0.15, 0.2) is 0 Å². The molecule has 0 saturated carbocycles. The number of amides is 1. The van der Waals surface area contributed by atoms with Crippen molar-refractivity contribution in [3.63, 3.8) is 0 Å². The van der Waals surface area contributed by atoms with Gasteiger partial charge in [0, 0.05) is 16.9 Å². The highest BCUT2D eigenvalue weighted by Crippen LogP contribution is 2.24. The number of hydrogen-bond acceptors (Lipinski definition) is 3. The van der Waals surface area contributed by atoms with Crippen LogP contribution in [0.4, 0.5) is 5.69 Å². The van der Waals surface area contributed by atoms with Crippen molar-refractivity contribution in [3.8, 4) is 5.88 Å². The van der Waals surface area contributed by atoms with E-state index in [1.165, 1.54) is 7.11 Å². The number of aromatic nitrogens is 1. The third kappa shape index (κ3) is 2.85. The van der Waals surface area contributed by atoms with E-state index in [0.717, 1.165) is 5.56 Å². The lowest BCUT2D eigenvalue weighted by Crippen LogP contribution is -2.14. The number of carbonyl (C=O) groups excluding carboxylic acids is 1. The summed E-state index contributed by atoms with van der Waals surface area (Å²) in [5.74, 6) is 0.00926. The van der Waals surface area contributed by atoms with Crippen molar-refractivity contribution in [2.24, 2.45) is 0 Å². The maximum Gasteiger partial charge on any atom is 0.261 e. The molecule has 0 fully saturated rings. The van der Waals surface area contributed by atoms with E-state index in [9.17, 15) is 4.79 Å². The molecule has 1 heterocycles. The highest BCUT2D eigenvalue weighted by molar-refractivity contribution is 6.31. The van der Waals surface area contributed by atoms with Crippen LogP contribution in [0.15, 0.2) is 36.5 Å². The van der Waals surface area contributed by atoms with Crippen LogP contribution in [0.3, 0.4) is 0 Å². The van der Waals surface area contributed by atoms with Gasteiger partial charge in [-0.25, -0.2) is 4.98 Å². The predicted molar refractivity (Wildman–Crippen MR) is 74.9 cm³/mol. The standard InChI is InChI=1S/C14H13ClN2O2/c1-9-11(15)6-3-7-12(9)17-13(18)10-5-4-8-16-14(10)19-2/h3-8H,1-2H3,(H,17,18). The first-order chi connectivity index (χ1) is 9.13. The Labute approximate surface area is 116 Å². The average Bonchev–Trinajstić information content (AvgIpc) is 2.43. The van der Waals surface area contributed by atoms with Gasteiger partial charge in [0.25, 0.3) is 5.91 Å². The molecule has 0 radical (unpaired) electrons. The van der Waals surface area contributed by atoms with Crippen LogP contribution >= 0.6 is 11.6 Å². The summed E-state index contributed by atoms with van der Waals surface area (Å²) in [7, 11) is 1.48. The maximum absolute atomic E-state index is 12.2. The SMILES string of the molecule is COc1ncccc1C(=O)Nc1cccc(Cl)c1C. The summed E-state index contributed by atoms with van der Waals surface area (Å²) in [5.41, 5.74) is 1.87. The second-order valence-electron chi connectivity index (χ2n) is 3.93. The molecule has 19 heavy (non-hydrogen) atoms. The van der Waals surface area contributed by atoms with E-state index >= 15 is 0 Å². The first-order valence-corrected chi connectivity index (χ1v) is 6.06. The fourth-order valence-electron chi connectivity index (χ4n) is 1.66. The second-order valence-corrected chi connectivity index (χ2v) is 4.33. The Kier molecular flexibility index (Phi) is 4.02. The third-order valence-electron chi connectivity index (χ3n) is 2.73. The number of rotatable bonds is 3. The smallest absolute Gasteiger partial charge is 0.261 e. The van der Waals surface area contributed by atoms with Gasteiger partial charge in [0.1, 0.15) is 5.56 Å². The van der Waals surface area contributed by atoms with Crippen LogP contribution in [0, 0.1) is 6.92 Å². The zero-order valence-electron chi connectivity index (χ0n) is 10.6. The minimum Gasteiger partial charge on any atom is -0.480 e. The summed E-state index contributed by atoms with van der Waals surface area (Å²) in [6, 6.07) is 8.69. The van der Waals surface area contributed by atoms with Crippen LogP contribution in [0.5, 0.6) is 5.88 Å². The Morgan fingerprint density at radius 1 is 1.32 bits per heavy atom. The molecule has 0 aliphatic carbocycles. The zero-order chi connectivity index (χ0) is 13.8. The molecular weight excluding hydrogens is 264 g/mol. The van der Waals surface area contributed by atoms with Gasteiger partial charge in [-0.1, -0.05) is 17.7 Å². The molecule has 2 aromatic rings. The average molecular weight is 277 g/mol. The summed E-state index contributed by atoms with van der Waals surface area (Å²) >= 11 is 6.01. The van der Waals surface area contributed by atoms with E-state index in [4.69, 9.17) is 16.3 Å². The molecule has 0 saturated heterocycles. The van der Waals surface area contributed by atoms with E-state index in [2.05, 4.69) is 10.3 Å². The van der Waals surface area contributed by atoms with Crippen molar-refractivity contribution in [3.05, 3.63) is 52.7 Å². The molecule has 0 aliphatic heterocycles. The number of nitrogens with one attached hydrogen (secondary N) is 1. The minimum atomic E-state index is -0.282. The van der Waals surface area contributed by atoms with Gasteiger partial charge >= 0.3 is 0 Å². The summed E-state index contributed by atoms with van der Waals surface area (Å²) < 4.78 is 5.06. The maximum atomic E-state index is 12.2. The van der Waals surface area contributed by atoms with Gasteiger partial charge in [0.2, 0.25) is 5.88 Å². The van der Waals surface area contributed by atoms with Crippen LogP contribution in [-0.4, -0.2) is 18.0 Å². The zero-order valence-corrected chi connectivity index (χ0v) is 11.4. The van der Waals surface area contributed by atoms with Crippen molar-refractivity contribution >= 4 is 23.2 Å². The molecule has 2 rings (SSSR count). The minimum absolute atomic E-state index is 0.282. The molecule has 0 atom stereocenters. The molecular formula is C14H13ClN2O2. The molecule has 4 nitrogen and oxygen atoms in total. The van der Waals surface area contributed by atoms with Gasteiger partial charge in [0.05, 0.1) is 7.11 Å². The quantitative estimate of drug-likeness (QED) is 0.936. The first kappa shape index (κ1) is 13.4. The van der Waals surface area contributed by atoms with E-state index in [-0.39, 0.29) is 5.91 Å². The number of anilines is 1. The lowest BCUT2D eigenvalue weighted by atomic mass is 10.2. The number of pyridine rings is 1. The van der Waals surface area contributed by atoms with Crippen LogP contribution in [0.2, 0.25) is 5.02 Å². The highest BCUT2D eigenvalue weighted by Gasteiger charge is 2.14. The Morgan fingerprint density at radius 3 is 2.84 bits per heavy atom. The fraction of sp³-hybridized carbons (Fsp3) is 0.143. The molecule has 0 unspecified atom stereocenters. The number of methoxy groups -OCH3 is 1. The van der Waals surface area contributed by atoms with Crippen molar-refractivity contribution in [2.75, 3.05) is 12.4 Å². The van der Waals surface area contributed by atoms with Gasteiger partial charge in [-0.05, 0) is 36.8 Å². The van der Waals surface area contributed by atoms with Crippen molar-refractivity contribution in [2.45, 2.75) is 6.92 Å². The molecule has 98 valence electrons. The molecule has 1 aromatic carbocycles. The summed E-state index contributed by atoms with van der Waals surface area (Å²) in [6.45, 7) is 1.85. The molecule has 1 N–H and O–H groups in total. The summed E-state index contributed by atoms with van der Waals surface area (Å²) in [5, 5.41) is 3.41. The van der Waals surface area contributed by atoms with Crippen LogP contribution in [0.1, 0.15) is 15.9 Å². The van der Waals surface area contributed by atoms with Gasteiger partial charge in [-0.3, -0.25) is 4.79 Å². The van der Waals surface area contributed by atoms with Crippen LogP contribution in [-0.2, 0) is 0 Å². The fourth-order valence-corrected chi connectivity index (χ4v) is 1.83. The van der Waals surface area contributed by atoms with E-state index in [0.29, 0.717) is 22.2 Å². The normalized spacial score (nSPS) is 10.1. The summed E-state index contributed by atoms with van der Waals surface area (Å²) in [6.07, 6.45) is 1.57. The number of ether oxygens (including phenoxy) is 1. The van der Waals surface area contributed by atoms with E-state index in [1.54, 1.807) is 36.5 Å². The van der Waals surface area contributed by atoms with Crippen molar-refractivity contribution in [1.82, 2.24) is 4.98 Å². The third-order valence-corrected chi connectivity index (χ3v) is 3.13. The first-order valence-electron chi connectivity index (χ1n) is 5.69. The van der Waals surface area contributed by atoms with Gasteiger partial charge < -0.3 is 10.1 Å². The number of benzene rings is 1. The van der Waals surface area contributed by atoms with E-state index < -0.39 is 0 Å². The molecule has 0 spiro atoms. The van der Waals surface area contributed by atoms with Gasteiger partial charge in [-0.2, -0.15) is 0 Å². The number of hydrogen-bond donors (Lipinski definition) is 1. The van der Waals surface area contributed by atoms with Crippen LogP contribution < -0.4 is 10.1 Å². The predicted octanol–water partition coefficient (Wildman–Crippen LogP) is 3.30. The van der Waals surface area contributed by atoms with Crippen molar-refractivity contribution < 1.29 is 9.53 Å². The molecule has 0 bridgehead atoms. The summed E-state index contributed by atoms with van der Waals surface area (Å²) in [4.78, 5) is 16.2. The Morgan fingerprint density at radius 2 is 2.11 bits per heavy atom. The van der Waals surface area contributed by atoms with Crippen LogP contribution in [0.25, 0.3) is 0 Å². The highest BCUT2D eigenvalue weighted by atomic mass is 35.5. The van der Waals surface area contributed by atoms with E-state index in [1.807, 2.05) is 6.92 Å². The lowest BCUT2D eigenvalue weighted by Gasteiger charge is -2.10. The molecule has 0 aliphatic rings. The largest absolute Gasteiger partial charge is 0.480 e. The van der Waals surface area contributed by atoms with Crippen molar-refractivity contribution in [1.29, 1.82) is 0 Å². The molecule has 1 amide bonds. The number of halogens is 1. The number of carbonyl (C=O) groups is 1. The molecule has 1 aromatic heterocycles. The Hall–Kier alpha value is -2.07. The topological polar surface area (TPSA) is 51.2 Å². The lowest BCUT2D eigenvalue weighted by molar-refractivity contribution is 0.102. The Balaban J connectivity index is 2.28. The van der Waals surface area contributed by atoms with Gasteiger partial charge in [-0.15, -0.1) is 0 Å².